The van der Waals surface area contributed by atoms with Crippen molar-refractivity contribution in [3.63, 3.8) is 0 Å². The SMILES string of the molecule is COc1ccccc1NC1=C(Cl)C(=O)N(c2ccc(Oc3ccccc3)cc2)C1=O. The summed E-state index contributed by atoms with van der Waals surface area (Å²) in [6, 6.07) is 23.0. The van der Waals surface area contributed by atoms with Crippen LogP contribution >= 0.6 is 11.6 Å². The normalized spacial score (nSPS) is 13.6. The lowest BCUT2D eigenvalue weighted by molar-refractivity contribution is -0.120. The second-order valence-electron chi connectivity index (χ2n) is 6.37. The van der Waals surface area contributed by atoms with E-state index in [2.05, 4.69) is 5.32 Å². The molecule has 0 aromatic heterocycles. The fraction of sp³-hybridized carbons (Fsp3) is 0.0435. The van der Waals surface area contributed by atoms with E-state index in [1.54, 1.807) is 48.5 Å². The van der Waals surface area contributed by atoms with Gasteiger partial charge in [0.05, 0.1) is 18.5 Å². The van der Waals surface area contributed by atoms with E-state index in [4.69, 9.17) is 21.1 Å². The number of imide groups is 1. The molecule has 0 aliphatic carbocycles. The molecule has 1 aliphatic heterocycles. The fourth-order valence-corrected chi connectivity index (χ4v) is 3.23. The number of ether oxygens (including phenoxy) is 2. The number of carbonyl (C=O) groups is 2. The molecule has 1 heterocycles. The third kappa shape index (κ3) is 3.73. The van der Waals surface area contributed by atoms with Crippen molar-refractivity contribution in [3.8, 4) is 17.2 Å². The molecule has 0 bridgehead atoms. The molecule has 0 unspecified atom stereocenters. The molecule has 0 atom stereocenters. The number of nitrogens with one attached hydrogen (secondary N) is 1. The summed E-state index contributed by atoms with van der Waals surface area (Å²) in [5, 5.41) is 2.74. The number of benzene rings is 3. The van der Waals surface area contributed by atoms with Gasteiger partial charge in [0.25, 0.3) is 11.8 Å². The van der Waals surface area contributed by atoms with E-state index in [1.165, 1.54) is 7.11 Å². The van der Waals surface area contributed by atoms with E-state index in [0.29, 0.717) is 28.6 Å². The molecule has 4 rings (SSSR count). The standard InChI is InChI=1S/C23H17ClN2O4/c1-29-19-10-6-5-9-18(19)25-21-20(24)22(27)26(23(21)28)15-11-13-17(14-12-15)30-16-7-3-2-4-8-16/h2-14,25H,1H3. The molecule has 3 aromatic rings. The summed E-state index contributed by atoms with van der Waals surface area (Å²) in [6.45, 7) is 0. The van der Waals surface area contributed by atoms with Gasteiger partial charge in [-0.05, 0) is 48.5 Å². The number of anilines is 2. The number of nitrogens with zero attached hydrogens (tertiary/aromatic N) is 1. The maximum atomic E-state index is 12.9. The van der Waals surface area contributed by atoms with Crippen molar-refractivity contribution in [1.82, 2.24) is 0 Å². The van der Waals surface area contributed by atoms with Gasteiger partial charge in [-0.3, -0.25) is 9.59 Å². The second-order valence-corrected chi connectivity index (χ2v) is 6.75. The predicted molar refractivity (Wildman–Crippen MR) is 115 cm³/mol. The van der Waals surface area contributed by atoms with Crippen molar-refractivity contribution in [2.75, 3.05) is 17.3 Å². The molecule has 1 aliphatic rings. The Morgan fingerprint density at radius 1 is 0.800 bits per heavy atom. The molecule has 6 nitrogen and oxygen atoms in total. The molecule has 0 saturated carbocycles. The zero-order chi connectivity index (χ0) is 21.1. The van der Waals surface area contributed by atoms with E-state index in [1.807, 2.05) is 30.3 Å². The van der Waals surface area contributed by atoms with Gasteiger partial charge in [-0.1, -0.05) is 41.9 Å². The Kier molecular flexibility index (Phi) is 5.41. The van der Waals surface area contributed by atoms with Crippen molar-refractivity contribution in [2.24, 2.45) is 0 Å². The smallest absolute Gasteiger partial charge is 0.283 e. The zero-order valence-corrected chi connectivity index (χ0v) is 16.7. The predicted octanol–water partition coefficient (Wildman–Crippen LogP) is 4.92. The van der Waals surface area contributed by atoms with Crippen LogP contribution in [0.3, 0.4) is 0 Å². The van der Waals surface area contributed by atoms with Crippen LogP contribution in [0.5, 0.6) is 17.2 Å². The molecule has 1 N–H and O–H groups in total. The van der Waals surface area contributed by atoms with Crippen molar-refractivity contribution in [3.05, 3.63) is 89.6 Å². The summed E-state index contributed by atoms with van der Waals surface area (Å²) in [5.74, 6) is 0.640. The number of methoxy groups -OCH3 is 1. The van der Waals surface area contributed by atoms with Crippen LogP contribution in [0.25, 0.3) is 0 Å². The van der Waals surface area contributed by atoms with Gasteiger partial charge >= 0.3 is 0 Å². The van der Waals surface area contributed by atoms with Crippen LogP contribution in [0.1, 0.15) is 0 Å². The zero-order valence-electron chi connectivity index (χ0n) is 16.0. The van der Waals surface area contributed by atoms with Gasteiger partial charge in [0.1, 0.15) is 28.0 Å². The molecule has 0 radical (unpaired) electrons. The number of hydrogen-bond donors (Lipinski definition) is 1. The summed E-state index contributed by atoms with van der Waals surface area (Å²) < 4.78 is 11.0. The molecule has 30 heavy (non-hydrogen) atoms. The van der Waals surface area contributed by atoms with Crippen molar-refractivity contribution < 1.29 is 19.1 Å². The Balaban J connectivity index is 1.55. The minimum absolute atomic E-state index is 0.00391. The van der Waals surface area contributed by atoms with Crippen molar-refractivity contribution >= 4 is 34.8 Å². The number of carbonyl (C=O) groups excluding carboxylic acids is 2. The Hall–Kier alpha value is -3.77. The lowest BCUT2D eigenvalue weighted by Gasteiger charge is -2.16. The highest BCUT2D eigenvalue weighted by atomic mass is 35.5. The lowest BCUT2D eigenvalue weighted by Crippen LogP contribution is -2.32. The highest BCUT2D eigenvalue weighted by Crippen LogP contribution is 2.33. The Labute approximate surface area is 178 Å². The summed E-state index contributed by atoms with van der Waals surface area (Å²) in [7, 11) is 1.52. The van der Waals surface area contributed by atoms with Crippen molar-refractivity contribution in [2.45, 2.75) is 0 Å². The van der Waals surface area contributed by atoms with E-state index < -0.39 is 11.8 Å². The summed E-state index contributed by atoms with van der Waals surface area (Å²) in [6.07, 6.45) is 0. The summed E-state index contributed by atoms with van der Waals surface area (Å²) >= 11 is 6.19. The quantitative estimate of drug-likeness (QED) is 0.573. The van der Waals surface area contributed by atoms with Crippen LogP contribution in [0.2, 0.25) is 0 Å². The largest absolute Gasteiger partial charge is 0.495 e. The molecule has 7 heteroatoms. The molecule has 2 amide bonds. The van der Waals surface area contributed by atoms with E-state index in [0.717, 1.165) is 4.90 Å². The summed E-state index contributed by atoms with van der Waals surface area (Å²) in [5.41, 5.74) is 0.916. The minimum atomic E-state index is -0.601. The number of rotatable bonds is 6. The Morgan fingerprint density at radius 2 is 1.43 bits per heavy atom. The monoisotopic (exact) mass is 420 g/mol. The number of para-hydroxylation sites is 3. The Morgan fingerprint density at radius 3 is 2.13 bits per heavy atom. The van der Waals surface area contributed by atoms with E-state index in [9.17, 15) is 9.59 Å². The van der Waals surface area contributed by atoms with Crippen LogP contribution in [-0.2, 0) is 9.59 Å². The van der Waals surface area contributed by atoms with Gasteiger partial charge < -0.3 is 14.8 Å². The third-order valence-electron chi connectivity index (χ3n) is 4.47. The van der Waals surface area contributed by atoms with Gasteiger partial charge in [-0.25, -0.2) is 4.90 Å². The molecular weight excluding hydrogens is 404 g/mol. The maximum Gasteiger partial charge on any atom is 0.283 e. The first-order valence-corrected chi connectivity index (χ1v) is 9.48. The third-order valence-corrected chi connectivity index (χ3v) is 4.82. The minimum Gasteiger partial charge on any atom is -0.495 e. The lowest BCUT2D eigenvalue weighted by atomic mass is 10.2. The Bertz CT molecular complexity index is 1130. The van der Waals surface area contributed by atoms with Gasteiger partial charge in [0, 0.05) is 0 Å². The molecule has 0 fully saturated rings. The van der Waals surface area contributed by atoms with Crippen LogP contribution in [0, 0.1) is 0 Å². The first-order chi connectivity index (χ1) is 14.6. The van der Waals surface area contributed by atoms with E-state index >= 15 is 0 Å². The maximum absolute atomic E-state index is 12.9. The molecule has 150 valence electrons. The van der Waals surface area contributed by atoms with Gasteiger partial charge in [0.2, 0.25) is 0 Å². The van der Waals surface area contributed by atoms with E-state index in [-0.39, 0.29) is 10.7 Å². The second kappa shape index (κ2) is 8.31. The first-order valence-electron chi connectivity index (χ1n) is 9.10. The van der Waals surface area contributed by atoms with Gasteiger partial charge in [-0.15, -0.1) is 0 Å². The van der Waals surface area contributed by atoms with Crippen LogP contribution < -0.4 is 19.7 Å². The average molecular weight is 421 g/mol. The van der Waals surface area contributed by atoms with Crippen molar-refractivity contribution in [1.29, 1.82) is 0 Å². The number of hydrogen-bond acceptors (Lipinski definition) is 5. The average Bonchev–Trinajstić information content (AvgIpc) is 2.99. The number of halogens is 1. The highest BCUT2D eigenvalue weighted by Gasteiger charge is 2.39. The highest BCUT2D eigenvalue weighted by molar-refractivity contribution is 6.53. The molecule has 0 saturated heterocycles. The van der Waals surface area contributed by atoms with Gasteiger partial charge in [0.15, 0.2) is 0 Å². The number of amides is 2. The van der Waals surface area contributed by atoms with Gasteiger partial charge in [-0.2, -0.15) is 0 Å². The first kappa shape index (κ1) is 19.5. The van der Waals surface area contributed by atoms with Crippen LogP contribution in [-0.4, -0.2) is 18.9 Å². The summed E-state index contributed by atoms with van der Waals surface area (Å²) in [4.78, 5) is 26.6. The molecule has 3 aromatic carbocycles. The topological polar surface area (TPSA) is 67.9 Å². The van der Waals surface area contributed by atoms with Crippen LogP contribution in [0.4, 0.5) is 11.4 Å². The van der Waals surface area contributed by atoms with Crippen LogP contribution in [0.15, 0.2) is 89.6 Å². The molecule has 0 spiro atoms. The molecular formula is C23H17ClN2O4. The fourth-order valence-electron chi connectivity index (χ4n) is 3.02.